The van der Waals surface area contributed by atoms with Crippen molar-refractivity contribution in [3.63, 3.8) is 0 Å². The highest BCUT2D eigenvalue weighted by Crippen LogP contribution is 2.38. The van der Waals surface area contributed by atoms with E-state index in [1.165, 1.54) is 12.1 Å². The molecule has 29 heavy (non-hydrogen) atoms. The largest absolute Gasteiger partial charge is 0.477 e. The molecule has 1 aromatic heterocycles. The average Bonchev–Trinajstić information content (AvgIpc) is 2.66. The Bertz CT molecular complexity index is 1200. The van der Waals surface area contributed by atoms with Crippen molar-refractivity contribution >= 4 is 27.4 Å². The minimum absolute atomic E-state index is 0.223. The van der Waals surface area contributed by atoms with E-state index in [9.17, 15) is 26.4 Å². The molecule has 1 N–H and O–H groups in total. The maximum Gasteiger partial charge on any atom is 0.354 e. The van der Waals surface area contributed by atoms with Gasteiger partial charge >= 0.3 is 5.97 Å². The van der Waals surface area contributed by atoms with Crippen LogP contribution in [0.4, 0.5) is 13.2 Å². The van der Waals surface area contributed by atoms with Crippen LogP contribution in [0.1, 0.15) is 26.9 Å². The molecule has 0 fully saturated rings. The first-order valence-corrected chi connectivity index (χ1v) is 9.87. The predicted octanol–water partition coefficient (Wildman–Crippen LogP) is 4.41. The van der Waals surface area contributed by atoms with E-state index >= 15 is 0 Å². The van der Waals surface area contributed by atoms with Crippen LogP contribution in [0.3, 0.4) is 0 Å². The highest BCUT2D eigenvalue weighted by atomic mass is 35.5. The topological polar surface area (TPSA) is 84.3 Å². The summed E-state index contributed by atoms with van der Waals surface area (Å²) in [5, 5.41) is 7.27. The number of carboxylic acids is 1. The van der Waals surface area contributed by atoms with Crippen LogP contribution < -0.4 is 0 Å². The van der Waals surface area contributed by atoms with Gasteiger partial charge in [-0.15, -0.1) is 0 Å². The van der Waals surface area contributed by atoms with E-state index in [2.05, 4.69) is 4.98 Å². The summed E-state index contributed by atoms with van der Waals surface area (Å²) in [7, 11) is -4.55. The van der Waals surface area contributed by atoms with Crippen molar-refractivity contribution in [3.05, 3.63) is 94.0 Å². The number of nitrogens with zero attached hydrogens (tertiary/aromatic N) is 1. The third kappa shape index (κ3) is 4.10. The lowest BCUT2D eigenvalue weighted by Crippen LogP contribution is -2.19. The Balaban J connectivity index is 2.34. The lowest BCUT2D eigenvalue weighted by molar-refractivity contribution is 0.0690. The molecule has 1 heterocycles. The van der Waals surface area contributed by atoms with Gasteiger partial charge < -0.3 is 5.11 Å². The van der Waals surface area contributed by atoms with Crippen LogP contribution >= 0.6 is 11.6 Å². The number of rotatable bonds is 5. The summed E-state index contributed by atoms with van der Waals surface area (Å²) >= 11 is 5.76. The third-order valence-corrected chi connectivity index (χ3v) is 6.39. The minimum Gasteiger partial charge on any atom is -0.477 e. The molecule has 3 aromatic rings. The van der Waals surface area contributed by atoms with Crippen molar-refractivity contribution < 1.29 is 31.5 Å². The quantitative estimate of drug-likeness (QED) is 0.634. The van der Waals surface area contributed by atoms with E-state index in [1.54, 1.807) is 0 Å². The van der Waals surface area contributed by atoms with E-state index in [0.717, 1.165) is 18.2 Å². The first-order valence-electron chi connectivity index (χ1n) is 7.94. The first kappa shape index (κ1) is 20.8. The molecule has 150 valence electrons. The second-order valence-corrected chi connectivity index (χ2v) is 8.41. The zero-order valence-electron chi connectivity index (χ0n) is 14.3. The number of hydrogen-bond donors (Lipinski definition) is 1. The average molecular weight is 442 g/mol. The van der Waals surface area contributed by atoms with E-state index in [1.807, 2.05) is 0 Å². The van der Waals surface area contributed by atoms with Gasteiger partial charge in [-0.05, 0) is 48.5 Å². The minimum atomic E-state index is -4.55. The molecule has 0 amide bonds. The molecule has 0 aliphatic rings. The van der Waals surface area contributed by atoms with Gasteiger partial charge in [0.05, 0.1) is 11.1 Å². The molecular weight excluding hydrogens is 431 g/mol. The van der Waals surface area contributed by atoms with Crippen LogP contribution in [0.15, 0.2) is 59.6 Å². The Kier molecular flexibility index (Phi) is 5.63. The lowest BCUT2D eigenvalue weighted by Gasteiger charge is -2.20. The maximum atomic E-state index is 14.6. The van der Waals surface area contributed by atoms with Gasteiger partial charge in [0.15, 0.2) is 9.84 Å². The van der Waals surface area contributed by atoms with Gasteiger partial charge in [0.1, 0.15) is 28.4 Å². The Hall–Kier alpha value is -2.91. The highest BCUT2D eigenvalue weighted by Gasteiger charge is 2.36. The number of aromatic nitrogens is 1. The molecule has 0 spiro atoms. The second kappa shape index (κ2) is 7.84. The fourth-order valence-corrected chi connectivity index (χ4v) is 4.69. The van der Waals surface area contributed by atoms with Crippen molar-refractivity contribution in [1.29, 1.82) is 0 Å². The standard InChI is InChI=1S/C19H11ClF3NO4S/c20-10-1-4-12(5-2-10)29(27,28)18(13-7-11(21)3-6-15(13)22)14-8-17(19(25)26)24-9-16(14)23/h1-9,18H,(H,25,26). The fraction of sp³-hybridized carbons (Fsp3) is 0.0526. The van der Waals surface area contributed by atoms with E-state index in [-0.39, 0.29) is 9.92 Å². The van der Waals surface area contributed by atoms with Crippen LogP contribution in [0, 0.1) is 17.5 Å². The summed E-state index contributed by atoms with van der Waals surface area (Å²) in [5.41, 5.74) is -2.02. The van der Waals surface area contributed by atoms with Gasteiger partial charge in [-0.1, -0.05) is 11.6 Å². The number of halogens is 4. The Morgan fingerprint density at radius 1 is 0.966 bits per heavy atom. The van der Waals surface area contributed by atoms with Crippen LogP contribution in [-0.2, 0) is 9.84 Å². The van der Waals surface area contributed by atoms with Crippen molar-refractivity contribution in [2.45, 2.75) is 10.1 Å². The SMILES string of the molecule is O=C(O)c1cc(C(c2cc(F)ccc2F)S(=O)(=O)c2ccc(Cl)cc2)c(F)cn1. The molecular formula is C19H11ClF3NO4S. The van der Waals surface area contributed by atoms with Crippen molar-refractivity contribution in [2.24, 2.45) is 0 Å². The maximum absolute atomic E-state index is 14.6. The molecule has 0 saturated heterocycles. The number of pyridine rings is 1. The van der Waals surface area contributed by atoms with Gasteiger partial charge in [0.25, 0.3) is 0 Å². The molecule has 0 radical (unpaired) electrons. The number of aromatic carboxylic acids is 1. The van der Waals surface area contributed by atoms with E-state index < -0.39 is 55.3 Å². The molecule has 5 nitrogen and oxygen atoms in total. The van der Waals surface area contributed by atoms with Gasteiger partial charge in [0.2, 0.25) is 0 Å². The first-order chi connectivity index (χ1) is 13.6. The summed E-state index contributed by atoms with van der Waals surface area (Å²) < 4.78 is 69.4. The van der Waals surface area contributed by atoms with Crippen LogP contribution in [0.25, 0.3) is 0 Å². The molecule has 0 saturated carbocycles. The zero-order valence-corrected chi connectivity index (χ0v) is 15.9. The highest BCUT2D eigenvalue weighted by molar-refractivity contribution is 7.91. The Morgan fingerprint density at radius 3 is 2.21 bits per heavy atom. The van der Waals surface area contributed by atoms with Crippen molar-refractivity contribution in [2.75, 3.05) is 0 Å². The zero-order chi connectivity index (χ0) is 21.3. The summed E-state index contributed by atoms with van der Waals surface area (Å²) in [6, 6.07) is 7.55. The van der Waals surface area contributed by atoms with Crippen LogP contribution in [0.5, 0.6) is 0 Å². The Morgan fingerprint density at radius 2 is 1.59 bits per heavy atom. The summed E-state index contributed by atoms with van der Waals surface area (Å²) in [5.74, 6) is -4.80. The van der Waals surface area contributed by atoms with Gasteiger partial charge in [-0.25, -0.2) is 31.4 Å². The molecule has 3 rings (SSSR count). The molecule has 2 aromatic carbocycles. The van der Waals surface area contributed by atoms with Crippen molar-refractivity contribution in [1.82, 2.24) is 4.98 Å². The normalized spacial score (nSPS) is 12.6. The fourth-order valence-electron chi connectivity index (χ4n) is 2.75. The second-order valence-electron chi connectivity index (χ2n) is 5.94. The van der Waals surface area contributed by atoms with Crippen LogP contribution in [0.2, 0.25) is 5.02 Å². The molecule has 1 unspecified atom stereocenters. The summed E-state index contributed by atoms with van der Waals surface area (Å²) in [6.07, 6.45) is 0.514. The van der Waals surface area contributed by atoms with Gasteiger partial charge in [0, 0.05) is 16.1 Å². The predicted molar refractivity (Wildman–Crippen MR) is 98.0 cm³/mol. The van der Waals surface area contributed by atoms with Crippen molar-refractivity contribution in [3.8, 4) is 0 Å². The van der Waals surface area contributed by atoms with E-state index in [0.29, 0.717) is 24.4 Å². The number of carbonyl (C=O) groups is 1. The number of benzene rings is 2. The monoisotopic (exact) mass is 441 g/mol. The molecule has 10 heteroatoms. The summed E-state index contributed by atoms with van der Waals surface area (Å²) in [4.78, 5) is 14.2. The summed E-state index contributed by atoms with van der Waals surface area (Å²) in [6.45, 7) is 0. The number of sulfone groups is 1. The molecule has 0 bridgehead atoms. The Labute approximate surface area is 168 Å². The number of carboxylic acid groups (broad SMARTS) is 1. The van der Waals surface area contributed by atoms with Crippen LogP contribution in [-0.4, -0.2) is 24.5 Å². The van der Waals surface area contributed by atoms with Gasteiger partial charge in [-0.3, -0.25) is 0 Å². The number of hydrogen-bond acceptors (Lipinski definition) is 4. The molecule has 0 aliphatic heterocycles. The lowest BCUT2D eigenvalue weighted by atomic mass is 10.0. The smallest absolute Gasteiger partial charge is 0.354 e. The third-order valence-electron chi connectivity index (χ3n) is 4.08. The van der Waals surface area contributed by atoms with Gasteiger partial charge in [-0.2, -0.15) is 0 Å². The molecule has 1 atom stereocenters. The van der Waals surface area contributed by atoms with E-state index in [4.69, 9.17) is 16.7 Å². The molecule has 0 aliphatic carbocycles.